The summed E-state index contributed by atoms with van der Waals surface area (Å²) in [5, 5.41) is 6.92. The fourth-order valence-electron chi connectivity index (χ4n) is 3.03. The summed E-state index contributed by atoms with van der Waals surface area (Å²) >= 11 is 0. The van der Waals surface area contributed by atoms with Crippen LogP contribution in [0.4, 0.5) is 0 Å². The summed E-state index contributed by atoms with van der Waals surface area (Å²) in [4.78, 5) is 7.19. The predicted octanol–water partition coefficient (Wildman–Crippen LogP) is 3.42. The van der Waals surface area contributed by atoms with E-state index in [9.17, 15) is 0 Å². The molecular formula is C20H35IN4O. The van der Waals surface area contributed by atoms with Crippen molar-refractivity contribution >= 4 is 29.9 Å². The fraction of sp³-hybridized carbons (Fsp3) is 0.650. The second-order valence-electron chi connectivity index (χ2n) is 6.97. The first-order valence-corrected chi connectivity index (χ1v) is 9.57. The van der Waals surface area contributed by atoms with Crippen LogP contribution in [0.5, 0.6) is 5.75 Å². The van der Waals surface area contributed by atoms with Crippen molar-refractivity contribution in [3.8, 4) is 5.75 Å². The van der Waals surface area contributed by atoms with Crippen molar-refractivity contribution in [2.45, 2.75) is 52.6 Å². The zero-order valence-electron chi connectivity index (χ0n) is 16.6. The zero-order chi connectivity index (χ0) is 18.1. The Morgan fingerprint density at radius 1 is 1.23 bits per heavy atom. The number of aryl methyl sites for hydroxylation is 1. The van der Waals surface area contributed by atoms with Crippen LogP contribution in [0.2, 0.25) is 0 Å². The lowest BCUT2D eigenvalue weighted by Crippen LogP contribution is -2.50. The minimum absolute atomic E-state index is 0. The van der Waals surface area contributed by atoms with E-state index in [1.807, 2.05) is 12.1 Å². The highest BCUT2D eigenvalue weighted by molar-refractivity contribution is 14.0. The van der Waals surface area contributed by atoms with Crippen LogP contribution in [0.3, 0.4) is 0 Å². The number of hydrogen-bond acceptors (Lipinski definition) is 3. The molecule has 0 spiro atoms. The molecule has 1 aromatic carbocycles. The van der Waals surface area contributed by atoms with E-state index in [0.29, 0.717) is 25.2 Å². The van der Waals surface area contributed by atoms with Gasteiger partial charge in [0.1, 0.15) is 12.4 Å². The molecule has 1 aliphatic rings. The number of likely N-dealkylation sites (tertiary alicyclic amines) is 1. The summed E-state index contributed by atoms with van der Waals surface area (Å²) in [6.45, 7) is 13.1. The molecule has 0 atom stereocenters. The smallest absolute Gasteiger partial charge is 0.191 e. The second-order valence-corrected chi connectivity index (χ2v) is 6.97. The van der Waals surface area contributed by atoms with E-state index < -0.39 is 0 Å². The minimum Gasteiger partial charge on any atom is -0.492 e. The van der Waals surface area contributed by atoms with Crippen LogP contribution >= 0.6 is 24.0 Å². The molecule has 0 aromatic heterocycles. The molecule has 2 N–H and O–H groups in total. The highest BCUT2D eigenvalue weighted by atomic mass is 127. The maximum Gasteiger partial charge on any atom is 0.191 e. The van der Waals surface area contributed by atoms with Gasteiger partial charge in [-0.2, -0.15) is 0 Å². The maximum absolute atomic E-state index is 5.75. The van der Waals surface area contributed by atoms with Gasteiger partial charge in [-0.3, -0.25) is 0 Å². The van der Waals surface area contributed by atoms with Crippen LogP contribution in [0, 0.1) is 6.92 Å². The highest BCUT2D eigenvalue weighted by Crippen LogP contribution is 2.13. The third-order valence-electron chi connectivity index (χ3n) is 4.60. The normalized spacial score (nSPS) is 16.3. The second kappa shape index (κ2) is 12.4. The molecule has 6 heteroatoms. The van der Waals surface area contributed by atoms with Crippen LogP contribution in [0.25, 0.3) is 0 Å². The molecule has 0 saturated carbocycles. The van der Waals surface area contributed by atoms with Crippen LogP contribution in [0.15, 0.2) is 29.3 Å². The molecule has 1 aromatic rings. The molecular weight excluding hydrogens is 439 g/mol. The van der Waals surface area contributed by atoms with Crippen LogP contribution in [-0.2, 0) is 0 Å². The van der Waals surface area contributed by atoms with Gasteiger partial charge in [0, 0.05) is 31.7 Å². The minimum atomic E-state index is 0. The molecule has 0 aliphatic carbocycles. The Balaban J connectivity index is 0.00000338. The quantitative estimate of drug-likeness (QED) is 0.275. The molecule has 1 heterocycles. The number of hydrogen-bond donors (Lipinski definition) is 2. The Morgan fingerprint density at radius 2 is 1.88 bits per heavy atom. The number of nitrogens with one attached hydrogen (secondary N) is 2. The number of piperidine rings is 1. The van der Waals surface area contributed by atoms with Gasteiger partial charge in [-0.05, 0) is 52.7 Å². The monoisotopic (exact) mass is 474 g/mol. The lowest BCUT2D eigenvalue weighted by molar-refractivity contribution is 0.167. The van der Waals surface area contributed by atoms with Crippen molar-refractivity contribution < 1.29 is 4.74 Å². The van der Waals surface area contributed by atoms with Gasteiger partial charge >= 0.3 is 0 Å². The van der Waals surface area contributed by atoms with Crippen molar-refractivity contribution in [3.63, 3.8) is 0 Å². The van der Waals surface area contributed by atoms with Crippen LogP contribution < -0.4 is 15.4 Å². The van der Waals surface area contributed by atoms with Crippen molar-refractivity contribution in [3.05, 3.63) is 29.8 Å². The third kappa shape index (κ3) is 8.12. The van der Waals surface area contributed by atoms with E-state index in [1.54, 1.807) is 0 Å². The van der Waals surface area contributed by atoms with Gasteiger partial charge in [-0.25, -0.2) is 4.99 Å². The first-order valence-electron chi connectivity index (χ1n) is 9.57. The summed E-state index contributed by atoms with van der Waals surface area (Å²) in [6, 6.07) is 9.28. The number of rotatable bonds is 7. The van der Waals surface area contributed by atoms with Crippen LogP contribution in [0.1, 0.15) is 39.2 Å². The molecule has 26 heavy (non-hydrogen) atoms. The highest BCUT2D eigenvalue weighted by Gasteiger charge is 2.21. The Bertz CT molecular complexity index is 525. The molecule has 0 radical (unpaired) electrons. The molecule has 1 fully saturated rings. The predicted molar refractivity (Wildman–Crippen MR) is 121 cm³/mol. The van der Waals surface area contributed by atoms with E-state index in [-0.39, 0.29) is 24.0 Å². The standard InChI is InChI=1S/C20H34N4O.HI/c1-5-21-20(23-18-10-13-24(14-11-18)16(2)3)22-12-15-25-19-8-6-17(4)7-9-19;/h6-9,16,18H,5,10-15H2,1-4H3,(H2,21,22,23);1H. The van der Waals surface area contributed by atoms with E-state index in [2.05, 4.69) is 60.4 Å². The molecule has 148 valence electrons. The van der Waals surface area contributed by atoms with Gasteiger partial charge < -0.3 is 20.3 Å². The van der Waals surface area contributed by atoms with Gasteiger partial charge in [0.05, 0.1) is 6.54 Å². The summed E-state index contributed by atoms with van der Waals surface area (Å²) < 4.78 is 5.75. The molecule has 0 amide bonds. The van der Waals surface area contributed by atoms with Gasteiger partial charge in [-0.1, -0.05) is 17.7 Å². The average Bonchev–Trinajstić information content (AvgIpc) is 2.61. The van der Waals surface area contributed by atoms with Gasteiger partial charge in [0.15, 0.2) is 5.96 Å². The topological polar surface area (TPSA) is 48.9 Å². The number of nitrogens with zero attached hydrogens (tertiary/aromatic N) is 2. The largest absolute Gasteiger partial charge is 0.492 e. The first-order chi connectivity index (χ1) is 12.1. The van der Waals surface area contributed by atoms with E-state index in [4.69, 9.17) is 4.74 Å². The molecule has 2 rings (SSSR count). The van der Waals surface area contributed by atoms with E-state index in [1.165, 1.54) is 18.4 Å². The average molecular weight is 474 g/mol. The number of guanidine groups is 1. The van der Waals surface area contributed by atoms with Crippen molar-refractivity contribution in [1.29, 1.82) is 0 Å². The van der Waals surface area contributed by atoms with E-state index in [0.717, 1.165) is 31.3 Å². The van der Waals surface area contributed by atoms with Crippen LogP contribution in [-0.4, -0.2) is 55.7 Å². The van der Waals surface area contributed by atoms with Crippen molar-refractivity contribution in [2.24, 2.45) is 4.99 Å². The Kier molecular flexibility index (Phi) is 11.0. The lowest BCUT2D eigenvalue weighted by Gasteiger charge is -2.35. The third-order valence-corrected chi connectivity index (χ3v) is 4.60. The van der Waals surface area contributed by atoms with Gasteiger partial charge in [0.25, 0.3) is 0 Å². The van der Waals surface area contributed by atoms with Gasteiger partial charge in [-0.15, -0.1) is 24.0 Å². The maximum atomic E-state index is 5.75. The lowest BCUT2D eigenvalue weighted by atomic mass is 10.0. The number of benzene rings is 1. The van der Waals surface area contributed by atoms with E-state index >= 15 is 0 Å². The Morgan fingerprint density at radius 3 is 2.46 bits per heavy atom. The zero-order valence-corrected chi connectivity index (χ0v) is 19.0. The molecule has 0 unspecified atom stereocenters. The van der Waals surface area contributed by atoms with Crippen molar-refractivity contribution in [1.82, 2.24) is 15.5 Å². The molecule has 0 bridgehead atoms. The SMILES string of the molecule is CCNC(=NCCOc1ccc(C)cc1)NC1CCN(C(C)C)CC1.I. The summed E-state index contributed by atoms with van der Waals surface area (Å²) in [7, 11) is 0. The Hall–Kier alpha value is -1.02. The summed E-state index contributed by atoms with van der Waals surface area (Å²) in [5.74, 6) is 1.80. The summed E-state index contributed by atoms with van der Waals surface area (Å²) in [5.41, 5.74) is 1.24. The Labute approximate surface area is 176 Å². The van der Waals surface area contributed by atoms with Gasteiger partial charge in [0.2, 0.25) is 0 Å². The molecule has 1 saturated heterocycles. The number of aliphatic imine (C=N–C) groups is 1. The molecule has 1 aliphatic heterocycles. The number of halogens is 1. The molecule has 5 nitrogen and oxygen atoms in total. The fourth-order valence-corrected chi connectivity index (χ4v) is 3.03. The number of ether oxygens (including phenoxy) is 1. The summed E-state index contributed by atoms with van der Waals surface area (Å²) in [6.07, 6.45) is 2.34. The first kappa shape index (κ1) is 23.0. The van der Waals surface area contributed by atoms with Crippen molar-refractivity contribution in [2.75, 3.05) is 32.8 Å².